The maximum absolute atomic E-state index is 11.3. The third-order valence-corrected chi connectivity index (χ3v) is 3.68. The van der Waals surface area contributed by atoms with Gasteiger partial charge in [0.05, 0.1) is 0 Å². The molecule has 0 saturated heterocycles. The van der Waals surface area contributed by atoms with Gasteiger partial charge in [-0.3, -0.25) is 0 Å². The SMILES string of the molecule is CCCCC[C@@](O)(C(=O)O)[C@@](O)(CCCCC)C(=O)O. The Morgan fingerprint density at radius 2 is 1.05 bits per heavy atom. The minimum absolute atomic E-state index is 0.273. The van der Waals surface area contributed by atoms with Crippen molar-refractivity contribution in [3.05, 3.63) is 0 Å². The predicted molar refractivity (Wildman–Crippen MR) is 73.5 cm³/mol. The molecule has 0 aliphatic rings. The van der Waals surface area contributed by atoms with E-state index < -0.39 is 23.1 Å². The van der Waals surface area contributed by atoms with E-state index in [-0.39, 0.29) is 12.8 Å². The summed E-state index contributed by atoms with van der Waals surface area (Å²) in [6.45, 7) is 3.81. The van der Waals surface area contributed by atoms with Crippen LogP contribution < -0.4 is 0 Å². The van der Waals surface area contributed by atoms with Crippen LogP contribution in [0.25, 0.3) is 0 Å². The number of unbranched alkanes of at least 4 members (excludes halogenated alkanes) is 4. The van der Waals surface area contributed by atoms with Crippen LogP contribution in [0.2, 0.25) is 0 Å². The summed E-state index contributed by atoms with van der Waals surface area (Å²) in [7, 11) is 0. The Kier molecular flexibility index (Phi) is 7.75. The number of hydrogen-bond acceptors (Lipinski definition) is 4. The molecule has 0 unspecified atom stereocenters. The minimum Gasteiger partial charge on any atom is -0.479 e. The molecule has 0 bridgehead atoms. The molecule has 0 aromatic heterocycles. The molecule has 0 aromatic carbocycles. The standard InChI is InChI=1S/C14H26O6/c1-3-5-7-9-13(19,11(15)16)14(20,12(17)18)10-8-6-4-2/h19-20H,3-10H2,1-2H3,(H,15,16)(H,17,18)/t13-,14-/m1/s1. The summed E-state index contributed by atoms with van der Waals surface area (Å²) in [4.78, 5) is 22.7. The van der Waals surface area contributed by atoms with Crippen molar-refractivity contribution in [3.63, 3.8) is 0 Å². The lowest BCUT2D eigenvalue weighted by Gasteiger charge is -2.37. The van der Waals surface area contributed by atoms with Crippen LogP contribution in [0.5, 0.6) is 0 Å². The van der Waals surface area contributed by atoms with Gasteiger partial charge in [-0.2, -0.15) is 0 Å². The zero-order chi connectivity index (χ0) is 15.8. The van der Waals surface area contributed by atoms with Crippen LogP contribution in [-0.2, 0) is 9.59 Å². The molecule has 0 amide bonds. The highest BCUT2D eigenvalue weighted by Gasteiger charge is 2.59. The normalized spacial score (nSPS) is 17.2. The Bertz CT molecular complexity index is 298. The average Bonchev–Trinajstić information content (AvgIpc) is 2.38. The van der Waals surface area contributed by atoms with Crippen LogP contribution in [0.4, 0.5) is 0 Å². The maximum Gasteiger partial charge on any atom is 0.339 e. The average molecular weight is 290 g/mol. The van der Waals surface area contributed by atoms with Crippen molar-refractivity contribution in [2.45, 2.75) is 76.4 Å². The summed E-state index contributed by atoms with van der Waals surface area (Å²) in [5.74, 6) is -3.37. The summed E-state index contributed by atoms with van der Waals surface area (Å²) in [5.41, 5.74) is -5.30. The highest BCUT2D eigenvalue weighted by Crippen LogP contribution is 2.33. The highest BCUT2D eigenvalue weighted by atomic mass is 16.5. The largest absolute Gasteiger partial charge is 0.479 e. The van der Waals surface area contributed by atoms with Crippen molar-refractivity contribution >= 4 is 11.9 Å². The topological polar surface area (TPSA) is 115 Å². The van der Waals surface area contributed by atoms with Gasteiger partial charge in [0.25, 0.3) is 0 Å². The number of rotatable bonds is 11. The fourth-order valence-electron chi connectivity index (χ4n) is 2.24. The monoisotopic (exact) mass is 290 g/mol. The van der Waals surface area contributed by atoms with Crippen LogP contribution in [0.1, 0.15) is 65.2 Å². The number of carboxylic acids is 2. The lowest BCUT2D eigenvalue weighted by atomic mass is 9.75. The second kappa shape index (κ2) is 8.21. The van der Waals surface area contributed by atoms with Crippen LogP contribution in [0.3, 0.4) is 0 Å². The molecule has 0 aromatic rings. The Morgan fingerprint density at radius 1 is 0.750 bits per heavy atom. The van der Waals surface area contributed by atoms with E-state index in [9.17, 15) is 30.0 Å². The van der Waals surface area contributed by atoms with Gasteiger partial charge in [-0.05, 0) is 25.7 Å². The molecule has 0 rings (SSSR count). The van der Waals surface area contributed by atoms with Gasteiger partial charge in [-0.1, -0.05) is 39.5 Å². The molecule has 6 nitrogen and oxygen atoms in total. The first-order chi connectivity index (χ1) is 9.26. The molecular formula is C14H26O6. The zero-order valence-corrected chi connectivity index (χ0v) is 12.3. The molecule has 4 N–H and O–H groups in total. The van der Waals surface area contributed by atoms with E-state index in [2.05, 4.69) is 0 Å². The molecule has 0 aliphatic carbocycles. The van der Waals surface area contributed by atoms with Crippen molar-refractivity contribution in [2.75, 3.05) is 0 Å². The second-order valence-electron chi connectivity index (χ2n) is 5.25. The highest BCUT2D eigenvalue weighted by molar-refractivity contribution is 5.90. The van der Waals surface area contributed by atoms with E-state index in [1.165, 1.54) is 0 Å². The lowest BCUT2D eigenvalue weighted by Crippen LogP contribution is -2.63. The number of aliphatic hydroxyl groups is 2. The number of aliphatic carboxylic acids is 2. The summed E-state index contributed by atoms with van der Waals surface area (Å²) in [6.07, 6.45) is 3.09. The molecule has 20 heavy (non-hydrogen) atoms. The van der Waals surface area contributed by atoms with E-state index in [4.69, 9.17) is 0 Å². The van der Waals surface area contributed by atoms with Gasteiger partial charge in [0.2, 0.25) is 11.2 Å². The van der Waals surface area contributed by atoms with E-state index in [1.807, 2.05) is 13.8 Å². The van der Waals surface area contributed by atoms with Crippen molar-refractivity contribution < 1.29 is 30.0 Å². The molecule has 0 saturated carbocycles. The Morgan fingerprint density at radius 3 is 1.25 bits per heavy atom. The van der Waals surface area contributed by atoms with Crippen LogP contribution in [-0.4, -0.2) is 43.6 Å². The van der Waals surface area contributed by atoms with Gasteiger partial charge in [-0.25, -0.2) is 9.59 Å². The second-order valence-corrected chi connectivity index (χ2v) is 5.25. The van der Waals surface area contributed by atoms with Crippen molar-refractivity contribution in [1.82, 2.24) is 0 Å². The van der Waals surface area contributed by atoms with Crippen molar-refractivity contribution in [2.24, 2.45) is 0 Å². The van der Waals surface area contributed by atoms with Gasteiger partial charge < -0.3 is 20.4 Å². The molecule has 2 atom stereocenters. The number of hydrogen-bond donors (Lipinski definition) is 4. The number of carbonyl (C=O) groups is 2. The van der Waals surface area contributed by atoms with Gasteiger partial charge in [0.15, 0.2) is 0 Å². The first-order valence-electron chi connectivity index (χ1n) is 7.17. The molecule has 0 spiro atoms. The Labute approximate surface area is 119 Å². The summed E-state index contributed by atoms with van der Waals surface area (Å²) >= 11 is 0. The third kappa shape index (κ3) is 4.18. The maximum atomic E-state index is 11.3. The fraction of sp³-hybridized carbons (Fsp3) is 0.857. The van der Waals surface area contributed by atoms with Crippen LogP contribution >= 0.6 is 0 Å². The van der Waals surface area contributed by atoms with Gasteiger partial charge in [-0.15, -0.1) is 0 Å². The minimum atomic E-state index is -2.65. The van der Waals surface area contributed by atoms with Gasteiger partial charge in [0.1, 0.15) is 0 Å². The Balaban J connectivity index is 5.21. The first kappa shape index (κ1) is 18.9. The fourth-order valence-corrected chi connectivity index (χ4v) is 2.24. The molecule has 0 fully saturated rings. The van der Waals surface area contributed by atoms with E-state index >= 15 is 0 Å². The van der Waals surface area contributed by atoms with Gasteiger partial charge in [0, 0.05) is 0 Å². The van der Waals surface area contributed by atoms with Crippen molar-refractivity contribution in [1.29, 1.82) is 0 Å². The summed E-state index contributed by atoms with van der Waals surface area (Å²) in [6, 6.07) is 0. The lowest BCUT2D eigenvalue weighted by molar-refractivity contribution is -0.210. The molecule has 0 aliphatic heterocycles. The molecule has 0 heterocycles. The van der Waals surface area contributed by atoms with Crippen molar-refractivity contribution in [3.8, 4) is 0 Å². The van der Waals surface area contributed by atoms with Crippen LogP contribution in [0, 0.1) is 0 Å². The number of carboxylic acid groups (broad SMARTS) is 2. The van der Waals surface area contributed by atoms with E-state index in [1.54, 1.807) is 0 Å². The molecule has 6 heteroatoms. The van der Waals surface area contributed by atoms with E-state index in [0.29, 0.717) is 25.7 Å². The first-order valence-corrected chi connectivity index (χ1v) is 7.17. The van der Waals surface area contributed by atoms with Crippen LogP contribution in [0.15, 0.2) is 0 Å². The quantitative estimate of drug-likeness (QED) is 0.431. The van der Waals surface area contributed by atoms with Gasteiger partial charge >= 0.3 is 11.9 Å². The zero-order valence-electron chi connectivity index (χ0n) is 12.3. The Hall–Kier alpha value is -1.14. The predicted octanol–water partition coefficient (Wildman–Crippen LogP) is 1.78. The third-order valence-electron chi connectivity index (χ3n) is 3.68. The molecule has 0 radical (unpaired) electrons. The summed E-state index contributed by atoms with van der Waals surface area (Å²) in [5, 5.41) is 38.9. The van der Waals surface area contributed by atoms with E-state index in [0.717, 1.165) is 12.8 Å². The molecular weight excluding hydrogens is 264 g/mol. The smallest absolute Gasteiger partial charge is 0.339 e. The summed E-state index contributed by atoms with van der Waals surface area (Å²) < 4.78 is 0. The molecule has 118 valence electrons.